The van der Waals surface area contributed by atoms with Crippen molar-refractivity contribution in [1.82, 2.24) is 9.55 Å². The summed E-state index contributed by atoms with van der Waals surface area (Å²) < 4.78 is 16.1. The zero-order valence-electron chi connectivity index (χ0n) is 11.8. The molecule has 2 nitrogen and oxygen atoms in total. The second kappa shape index (κ2) is 6.35. The number of aromatic nitrogens is 2. The number of hydrogen-bond acceptors (Lipinski definition) is 2. The maximum Gasteiger partial charge on any atom is 0.144 e. The first-order chi connectivity index (χ1) is 10.2. The van der Waals surface area contributed by atoms with Gasteiger partial charge >= 0.3 is 0 Å². The number of nitrogens with zero attached hydrogens (tertiary/aromatic N) is 2. The van der Waals surface area contributed by atoms with Gasteiger partial charge in [-0.1, -0.05) is 18.0 Å². The smallest absolute Gasteiger partial charge is 0.144 e. The van der Waals surface area contributed by atoms with E-state index in [0.717, 1.165) is 23.3 Å². The van der Waals surface area contributed by atoms with Crippen LogP contribution in [-0.2, 0) is 6.42 Å². The lowest BCUT2D eigenvalue weighted by Crippen LogP contribution is -2.18. The first-order valence-corrected chi connectivity index (χ1v) is 9.30. The summed E-state index contributed by atoms with van der Waals surface area (Å²) in [6, 6.07) is 3.49. The molecule has 21 heavy (non-hydrogen) atoms. The van der Waals surface area contributed by atoms with Crippen molar-refractivity contribution in [1.29, 1.82) is 0 Å². The fourth-order valence-electron chi connectivity index (χ4n) is 3.25. The van der Waals surface area contributed by atoms with Gasteiger partial charge < -0.3 is 4.57 Å². The number of halogens is 3. The van der Waals surface area contributed by atoms with E-state index in [1.54, 1.807) is 6.07 Å². The maximum atomic E-state index is 13.9. The third kappa shape index (κ3) is 2.78. The molecule has 1 aliphatic rings. The molecular weight excluding hydrogens is 330 g/mol. The summed E-state index contributed by atoms with van der Waals surface area (Å²) in [7, 11) is 0. The molecule has 0 bridgehead atoms. The number of fused-ring (bicyclic) bond motifs is 1. The molecule has 1 aromatic carbocycles. The van der Waals surface area contributed by atoms with Crippen molar-refractivity contribution < 1.29 is 4.39 Å². The molecule has 0 amide bonds. The largest absolute Gasteiger partial charge is 0.324 e. The van der Waals surface area contributed by atoms with E-state index in [0.29, 0.717) is 23.6 Å². The number of rotatable bonds is 4. The molecule has 2 atom stereocenters. The first kappa shape index (κ1) is 15.4. The Balaban J connectivity index is 2.17. The Hall–Kier alpha value is -0.450. The minimum atomic E-state index is -0.388. The van der Waals surface area contributed by atoms with Crippen molar-refractivity contribution in [2.45, 2.75) is 37.0 Å². The van der Waals surface area contributed by atoms with Crippen LogP contribution in [0, 0.1) is 5.82 Å². The molecule has 1 saturated carbocycles. The molecule has 0 N–H and O–H groups in total. The molecule has 1 heterocycles. The molecule has 6 heteroatoms. The Morgan fingerprint density at radius 3 is 2.95 bits per heavy atom. The van der Waals surface area contributed by atoms with E-state index >= 15 is 0 Å². The predicted molar refractivity (Wildman–Crippen MR) is 89.3 cm³/mol. The molecule has 2 aromatic rings. The van der Waals surface area contributed by atoms with E-state index in [4.69, 9.17) is 23.2 Å². The van der Waals surface area contributed by atoms with Gasteiger partial charge in [0.15, 0.2) is 0 Å². The van der Waals surface area contributed by atoms with Crippen LogP contribution in [-0.4, -0.2) is 26.9 Å². The second-order valence-corrected chi connectivity index (χ2v) is 7.23. The molecule has 1 aliphatic carbocycles. The van der Waals surface area contributed by atoms with Gasteiger partial charge in [-0.05, 0) is 25.2 Å². The van der Waals surface area contributed by atoms with E-state index in [1.165, 1.54) is 18.9 Å². The van der Waals surface area contributed by atoms with Gasteiger partial charge in [-0.25, -0.2) is 9.37 Å². The Kier molecular flexibility index (Phi) is 4.67. The van der Waals surface area contributed by atoms with Gasteiger partial charge in [0.1, 0.15) is 11.6 Å². The van der Waals surface area contributed by atoms with Crippen molar-refractivity contribution in [2.75, 3.05) is 12.1 Å². The van der Waals surface area contributed by atoms with Crippen molar-refractivity contribution in [3.8, 4) is 0 Å². The highest BCUT2D eigenvalue weighted by Gasteiger charge is 2.31. The van der Waals surface area contributed by atoms with Crippen molar-refractivity contribution in [3.63, 3.8) is 0 Å². The standard InChI is InChI=1S/C15H17Cl2FN2S/c1-21-14-4-2-3-12(14)20-13-8-10(18)9(17)7-11(13)19-15(20)5-6-16/h7-8,12,14H,2-6H2,1H3. The Bertz CT molecular complexity index is 659. The lowest BCUT2D eigenvalue weighted by molar-refractivity contribution is 0.521. The second-order valence-electron chi connectivity index (χ2n) is 5.36. The van der Waals surface area contributed by atoms with Crippen LogP contribution in [0.4, 0.5) is 4.39 Å². The number of alkyl halides is 1. The Morgan fingerprint density at radius 2 is 2.24 bits per heavy atom. The fourth-order valence-corrected chi connectivity index (χ4v) is 4.55. The summed E-state index contributed by atoms with van der Waals surface area (Å²) in [5, 5.41) is 0.674. The van der Waals surface area contributed by atoms with Crippen LogP contribution < -0.4 is 0 Å². The lowest BCUT2D eigenvalue weighted by atomic mass is 10.2. The summed E-state index contributed by atoms with van der Waals surface area (Å²) in [6.45, 7) is 0. The van der Waals surface area contributed by atoms with Gasteiger partial charge in [0.25, 0.3) is 0 Å². The van der Waals surface area contributed by atoms with Gasteiger partial charge in [-0.2, -0.15) is 11.8 Å². The molecule has 0 radical (unpaired) electrons. The molecule has 0 saturated heterocycles. The average molecular weight is 347 g/mol. The summed E-state index contributed by atoms with van der Waals surface area (Å²) in [5.41, 5.74) is 1.59. The zero-order chi connectivity index (χ0) is 15.0. The minimum absolute atomic E-state index is 0.123. The number of imidazole rings is 1. The molecule has 0 spiro atoms. The van der Waals surface area contributed by atoms with Gasteiger partial charge in [-0.15, -0.1) is 11.6 Å². The molecule has 114 valence electrons. The molecule has 1 aromatic heterocycles. The van der Waals surface area contributed by atoms with Crippen LogP contribution in [0.2, 0.25) is 5.02 Å². The Labute approximate surface area is 138 Å². The average Bonchev–Trinajstić information content (AvgIpc) is 3.03. The number of thioether (sulfide) groups is 1. The summed E-state index contributed by atoms with van der Waals surface area (Å²) in [5.74, 6) is 1.06. The van der Waals surface area contributed by atoms with Crippen molar-refractivity contribution >= 4 is 46.0 Å². The molecule has 3 rings (SSSR count). The highest BCUT2D eigenvalue weighted by atomic mass is 35.5. The van der Waals surface area contributed by atoms with Crippen LogP contribution in [0.5, 0.6) is 0 Å². The minimum Gasteiger partial charge on any atom is -0.324 e. The SMILES string of the molecule is CSC1CCCC1n1c(CCCl)nc2cc(Cl)c(F)cc21. The predicted octanol–water partition coefficient (Wildman–Crippen LogP) is 5.07. The lowest BCUT2D eigenvalue weighted by Gasteiger charge is -2.22. The quantitative estimate of drug-likeness (QED) is 0.719. The third-order valence-corrected chi connectivity index (χ3v) is 5.81. The normalized spacial score (nSPS) is 22.3. The zero-order valence-corrected chi connectivity index (χ0v) is 14.1. The number of benzene rings is 1. The summed E-state index contributed by atoms with van der Waals surface area (Å²) in [4.78, 5) is 4.64. The molecule has 1 fully saturated rings. The van der Waals surface area contributed by atoms with E-state index in [2.05, 4.69) is 15.8 Å². The topological polar surface area (TPSA) is 17.8 Å². The van der Waals surface area contributed by atoms with Gasteiger partial charge in [0.2, 0.25) is 0 Å². The molecular formula is C15H17Cl2FN2S. The van der Waals surface area contributed by atoms with Crippen LogP contribution in [0.25, 0.3) is 11.0 Å². The van der Waals surface area contributed by atoms with Crippen LogP contribution in [0.3, 0.4) is 0 Å². The van der Waals surface area contributed by atoms with Crippen molar-refractivity contribution in [2.24, 2.45) is 0 Å². The monoisotopic (exact) mass is 346 g/mol. The number of hydrogen-bond donors (Lipinski definition) is 0. The van der Waals surface area contributed by atoms with E-state index in [-0.39, 0.29) is 10.8 Å². The van der Waals surface area contributed by atoms with Gasteiger partial charge in [-0.3, -0.25) is 0 Å². The summed E-state index contributed by atoms with van der Waals surface area (Å²) >= 11 is 13.7. The molecule has 2 unspecified atom stereocenters. The Morgan fingerprint density at radius 1 is 1.43 bits per heavy atom. The highest BCUT2D eigenvalue weighted by Crippen LogP contribution is 2.40. The number of aryl methyl sites for hydroxylation is 1. The summed E-state index contributed by atoms with van der Waals surface area (Å²) in [6.07, 6.45) is 6.33. The molecule has 0 aliphatic heterocycles. The van der Waals surface area contributed by atoms with E-state index in [9.17, 15) is 4.39 Å². The van der Waals surface area contributed by atoms with Crippen LogP contribution in [0.15, 0.2) is 12.1 Å². The fraction of sp³-hybridized carbons (Fsp3) is 0.533. The maximum absolute atomic E-state index is 13.9. The van der Waals surface area contributed by atoms with E-state index < -0.39 is 0 Å². The van der Waals surface area contributed by atoms with Gasteiger partial charge in [0, 0.05) is 29.7 Å². The third-order valence-electron chi connectivity index (χ3n) is 4.17. The highest BCUT2D eigenvalue weighted by molar-refractivity contribution is 7.99. The van der Waals surface area contributed by atoms with Crippen LogP contribution >= 0.6 is 35.0 Å². The van der Waals surface area contributed by atoms with Crippen LogP contribution in [0.1, 0.15) is 31.1 Å². The van der Waals surface area contributed by atoms with E-state index in [1.807, 2.05) is 11.8 Å². The van der Waals surface area contributed by atoms with Gasteiger partial charge in [0.05, 0.1) is 16.1 Å². The first-order valence-electron chi connectivity index (χ1n) is 7.10. The van der Waals surface area contributed by atoms with Crippen molar-refractivity contribution in [3.05, 3.63) is 28.8 Å².